The monoisotopic (exact) mass is 376 g/mol. The normalized spacial score (nSPS) is 16.3. The van der Waals surface area contributed by atoms with Gasteiger partial charge < -0.3 is 14.8 Å². The van der Waals surface area contributed by atoms with Crippen LogP contribution in [0, 0.1) is 0 Å². The molecule has 0 bridgehead atoms. The minimum atomic E-state index is -3.66. The van der Waals surface area contributed by atoms with Gasteiger partial charge in [0.15, 0.2) is 6.10 Å². The molecular formula is C18H20N2O5S. The summed E-state index contributed by atoms with van der Waals surface area (Å²) < 4.78 is 38.1. The van der Waals surface area contributed by atoms with Crippen molar-refractivity contribution < 1.29 is 22.7 Å². The van der Waals surface area contributed by atoms with E-state index in [1.807, 2.05) is 13.0 Å². The van der Waals surface area contributed by atoms with Crippen molar-refractivity contribution in [2.45, 2.75) is 24.3 Å². The number of amides is 1. The Hall–Kier alpha value is -2.58. The van der Waals surface area contributed by atoms with E-state index in [0.29, 0.717) is 23.8 Å². The van der Waals surface area contributed by atoms with Gasteiger partial charge in [-0.3, -0.25) is 4.79 Å². The SMILES string of the molecule is CCOc1ccc(S(=O)(=O)NCCC2Oc3ccccc3NC2=O)cc1. The van der Waals surface area contributed by atoms with Gasteiger partial charge in [-0.25, -0.2) is 13.1 Å². The van der Waals surface area contributed by atoms with E-state index in [1.165, 1.54) is 12.1 Å². The van der Waals surface area contributed by atoms with Crippen LogP contribution in [0.15, 0.2) is 53.4 Å². The van der Waals surface area contributed by atoms with Crippen molar-refractivity contribution in [2.24, 2.45) is 0 Å². The van der Waals surface area contributed by atoms with Gasteiger partial charge in [-0.15, -0.1) is 0 Å². The lowest BCUT2D eigenvalue weighted by molar-refractivity contribution is -0.123. The second-order valence-corrected chi connectivity index (χ2v) is 7.45. The Morgan fingerprint density at radius 1 is 1.15 bits per heavy atom. The molecule has 1 unspecified atom stereocenters. The molecule has 0 aliphatic carbocycles. The summed E-state index contributed by atoms with van der Waals surface area (Å²) in [6.07, 6.45) is -0.524. The summed E-state index contributed by atoms with van der Waals surface area (Å²) in [4.78, 5) is 12.2. The second kappa shape index (κ2) is 7.76. The van der Waals surface area contributed by atoms with Crippen LogP contribution >= 0.6 is 0 Å². The van der Waals surface area contributed by atoms with Crippen LogP contribution in [0.5, 0.6) is 11.5 Å². The van der Waals surface area contributed by atoms with Gasteiger partial charge in [0.05, 0.1) is 17.2 Å². The largest absolute Gasteiger partial charge is 0.494 e. The molecule has 26 heavy (non-hydrogen) atoms. The zero-order chi connectivity index (χ0) is 18.6. The van der Waals surface area contributed by atoms with Gasteiger partial charge in [0.25, 0.3) is 5.91 Å². The third kappa shape index (κ3) is 4.14. The zero-order valence-electron chi connectivity index (χ0n) is 14.3. The number of sulfonamides is 1. The van der Waals surface area contributed by atoms with Crippen molar-refractivity contribution in [3.8, 4) is 11.5 Å². The standard InChI is InChI=1S/C18H20N2O5S/c1-2-24-13-7-9-14(10-8-13)26(22,23)19-12-11-17-18(21)20-15-5-3-4-6-16(15)25-17/h3-10,17,19H,2,11-12H2,1H3,(H,20,21). The highest BCUT2D eigenvalue weighted by molar-refractivity contribution is 7.89. The molecular weight excluding hydrogens is 356 g/mol. The molecule has 1 aliphatic rings. The molecule has 0 radical (unpaired) electrons. The van der Waals surface area contributed by atoms with Gasteiger partial charge in [-0.2, -0.15) is 0 Å². The molecule has 2 N–H and O–H groups in total. The van der Waals surface area contributed by atoms with E-state index >= 15 is 0 Å². The van der Waals surface area contributed by atoms with Gasteiger partial charge in [0.1, 0.15) is 11.5 Å². The first-order valence-electron chi connectivity index (χ1n) is 8.28. The maximum absolute atomic E-state index is 12.3. The van der Waals surface area contributed by atoms with E-state index in [0.717, 1.165) is 0 Å². The highest BCUT2D eigenvalue weighted by atomic mass is 32.2. The molecule has 3 rings (SSSR count). The molecule has 2 aromatic carbocycles. The molecule has 0 aromatic heterocycles. The molecule has 0 fully saturated rings. The number of ether oxygens (including phenoxy) is 2. The van der Waals surface area contributed by atoms with Crippen molar-refractivity contribution >= 4 is 21.6 Å². The first-order valence-corrected chi connectivity index (χ1v) is 9.77. The van der Waals surface area contributed by atoms with Gasteiger partial charge in [-0.1, -0.05) is 12.1 Å². The summed E-state index contributed by atoms with van der Waals surface area (Å²) in [5, 5.41) is 2.75. The quantitative estimate of drug-likeness (QED) is 0.772. The number of para-hydroxylation sites is 2. The highest BCUT2D eigenvalue weighted by Crippen LogP contribution is 2.29. The number of fused-ring (bicyclic) bond motifs is 1. The summed E-state index contributed by atoms with van der Waals surface area (Å²) >= 11 is 0. The molecule has 0 spiro atoms. The zero-order valence-corrected chi connectivity index (χ0v) is 15.1. The molecule has 7 nitrogen and oxygen atoms in total. The molecule has 0 saturated heterocycles. The third-order valence-electron chi connectivity index (χ3n) is 3.85. The van der Waals surface area contributed by atoms with Crippen LogP contribution < -0.4 is 19.5 Å². The first kappa shape index (κ1) is 18.2. The second-order valence-electron chi connectivity index (χ2n) is 5.68. The lowest BCUT2D eigenvalue weighted by atomic mass is 10.2. The van der Waals surface area contributed by atoms with E-state index in [4.69, 9.17) is 9.47 Å². The summed E-state index contributed by atoms with van der Waals surface area (Å²) in [5.41, 5.74) is 0.615. The number of anilines is 1. The van der Waals surface area contributed by atoms with Crippen molar-refractivity contribution in [3.63, 3.8) is 0 Å². The number of hydrogen-bond acceptors (Lipinski definition) is 5. The number of rotatable bonds is 7. The molecule has 8 heteroatoms. The van der Waals surface area contributed by atoms with Crippen molar-refractivity contribution in [2.75, 3.05) is 18.5 Å². The average molecular weight is 376 g/mol. The molecule has 2 aromatic rings. The average Bonchev–Trinajstić information content (AvgIpc) is 2.63. The van der Waals surface area contributed by atoms with Crippen LogP contribution in [-0.4, -0.2) is 33.6 Å². The fourth-order valence-corrected chi connectivity index (χ4v) is 3.62. The minimum Gasteiger partial charge on any atom is -0.494 e. The maximum Gasteiger partial charge on any atom is 0.265 e. The summed E-state index contributed by atoms with van der Waals surface area (Å²) in [6, 6.07) is 13.3. The number of benzene rings is 2. The molecule has 1 atom stereocenters. The van der Waals surface area contributed by atoms with Gasteiger partial charge in [0.2, 0.25) is 10.0 Å². The van der Waals surface area contributed by atoms with Crippen LogP contribution in [0.3, 0.4) is 0 Å². The Morgan fingerprint density at radius 3 is 2.62 bits per heavy atom. The van der Waals surface area contributed by atoms with Crippen molar-refractivity contribution in [3.05, 3.63) is 48.5 Å². The summed E-state index contributed by atoms with van der Waals surface area (Å²) in [6.45, 7) is 2.45. The number of carbonyl (C=O) groups is 1. The Labute approximate surface area is 152 Å². The molecule has 1 amide bonds. The van der Waals surface area contributed by atoms with E-state index in [9.17, 15) is 13.2 Å². The number of hydrogen-bond donors (Lipinski definition) is 2. The molecule has 1 heterocycles. The van der Waals surface area contributed by atoms with Gasteiger partial charge in [0, 0.05) is 13.0 Å². The van der Waals surface area contributed by atoms with Gasteiger partial charge in [-0.05, 0) is 43.3 Å². The van der Waals surface area contributed by atoms with Crippen LogP contribution in [0.2, 0.25) is 0 Å². The Bertz CT molecular complexity index is 881. The topological polar surface area (TPSA) is 93.7 Å². The Kier molecular flexibility index (Phi) is 5.43. The smallest absolute Gasteiger partial charge is 0.265 e. The lowest BCUT2D eigenvalue weighted by Gasteiger charge is -2.25. The lowest BCUT2D eigenvalue weighted by Crippen LogP contribution is -2.39. The summed E-state index contributed by atoms with van der Waals surface area (Å²) in [5.74, 6) is 0.896. The minimum absolute atomic E-state index is 0.0792. The Morgan fingerprint density at radius 2 is 1.88 bits per heavy atom. The van der Waals surface area contributed by atoms with Crippen LogP contribution in [0.4, 0.5) is 5.69 Å². The van der Waals surface area contributed by atoms with E-state index in [1.54, 1.807) is 30.3 Å². The first-order chi connectivity index (χ1) is 12.5. The van der Waals surface area contributed by atoms with Crippen molar-refractivity contribution in [1.29, 1.82) is 0 Å². The van der Waals surface area contributed by atoms with Crippen molar-refractivity contribution in [1.82, 2.24) is 4.72 Å². The molecule has 138 valence electrons. The fraction of sp³-hybridized carbons (Fsp3) is 0.278. The van der Waals surface area contributed by atoms with Crippen LogP contribution in [0.1, 0.15) is 13.3 Å². The van der Waals surface area contributed by atoms with E-state index in [2.05, 4.69) is 10.0 Å². The third-order valence-corrected chi connectivity index (χ3v) is 5.33. The number of nitrogens with one attached hydrogen (secondary N) is 2. The van der Waals surface area contributed by atoms with Crippen LogP contribution in [0.25, 0.3) is 0 Å². The number of carbonyl (C=O) groups excluding carboxylic acids is 1. The Balaban J connectivity index is 1.58. The predicted molar refractivity (Wildman–Crippen MR) is 96.9 cm³/mol. The predicted octanol–water partition coefficient (Wildman–Crippen LogP) is 2.15. The van der Waals surface area contributed by atoms with Crippen LogP contribution in [-0.2, 0) is 14.8 Å². The fourth-order valence-electron chi connectivity index (χ4n) is 2.57. The van der Waals surface area contributed by atoms with E-state index in [-0.39, 0.29) is 23.8 Å². The van der Waals surface area contributed by atoms with Gasteiger partial charge >= 0.3 is 0 Å². The summed E-state index contributed by atoms with van der Waals surface area (Å²) in [7, 11) is -3.66. The maximum atomic E-state index is 12.3. The van der Waals surface area contributed by atoms with E-state index < -0.39 is 16.1 Å². The highest BCUT2D eigenvalue weighted by Gasteiger charge is 2.27. The molecule has 1 aliphatic heterocycles. The molecule has 0 saturated carbocycles.